The Kier molecular flexibility index (Phi) is 6.24. The fraction of sp³-hybridized carbons (Fsp3) is 0.182. The van der Waals surface area contributed by atoms with Crippen molar-refractivity contribution in [2.45, 2.75) is 5.54 Å². The lowest BCUT2D eigenvalue weighted by molar-refractivity contribution is 0.110. The first-order valence-corrected chi connectivity index (χ1v) is 8.81. The molecule has 1 heterocycles. The molecular formula is C22H21NO5. The van der Waals surface area contributed by atoms with Gasteiger partial charge in [0.05, 0.1) is 17.7 Å². The van der Waals surface area contributed by atoms with Gasteiger partial charge in [-0.2, -0.15) is 0 Å². The number of aldehydes is 2. The van der Waals surface area contributed by atoms with Crippen LogP contribution in [0.15, 0.2) is 72.5 Å². The molecule has 0 saturated heterocycles. The molecule has 6 nitrogen and oxygen atoms in total. The third kappa shape index (κ3) is 4.47. The lowest BCUT2D eigenvalue weighted by Crippen LogP contribution is -2.52. The maximum atomic E-state index is 11.1. The van der Waals surface area contributed by atoms with Gasteiger partial charge in [0.1, 0.15) is 30.3 Å². The average Bonchev–Trinajstić information content (AvgIpc) is 2.77. The Morgan fingerprint density at radius 1 is 0.929 bits per heavy atom. The first kappa shape index (κ1) is 19.4. The summed E-state index contributed by atoms with van der Waals surface area (Å²) in [7, 11) is 0. The van der Waals surface area contributed by atoms with Crippen molar-refractivity contribution in [3.05, 3.63) is 83.6 Å². The predicted molar refractivity (Wildman–Crippen MR) is 105 cm³/mol. The van der Waals surface area contributed by atoms with Crippen molar-refractivity contribution < 1.29 is 24.2 Å². The second kappa shape index (κ2) is 9.01. The highest BCUT2D eigenvalue weighted by molar-refractivity contribution is 5.79. The van der Waals surface area contributed by atoms with Crippen molar-refractivity contribution in [1.82, 2.24) is 5.32 Å². The number of hydrogen-bond donors (Lipinski definition) is 2. The van der Waals surface area contributed by atoms with Gasteiger partial charge in [-0.05, 0) is 30.3 Å². The number of aliphatic hydroxyl groups is 1. The molecule has 1 atom stereocenters. The third-order valence-electron chi connectivity index (χ3n) is 4.36. The molecule has 1 aliphatic heterocycles. The standard InChI is InChI=1S/C22H21NO5/c24-12-17-6-1-3-9-20(17)27-14-19-8-5-11-22(15-26,23-19)16-28-21-10-4-2-7-18(21)13-25/h1-13,23,26H,14-16H2. The van der Waals surface area contributed by atoms with E-state index in [1.165, 1.54) is 0 Å². The number of carbonyl (C=O) groups excluding carboxylic acids is 2. The Bertz CT molecular complexity index is 905. The highest BCUT2D eigenvalue weighted by Gasteiger charge is 2.30. The van der Waals surface area contributed by atoms with Crippen LogP contribution < -0.4 is 14.8 Å². The second-order valence-electron chi connectivity index (χ2n) is 6.38. The van der Waals surface area contributed by atoms with Crippen molar-refractivity contribution >= 4 is 12.6 Å². The van der Waals surface area contributed by atoms with Crippen molar-refractivity contribution in [2.24, 2.45) is 0 Å². The van der Waals surface area contributed by atoms with Crippen molar-refractivity contribution in [3.8, 4) is 11.5 Å². The third-order valence-corrected chi connectivity index (χ3v) is 4.36. The van der Waals surface area contributed by atoms with Gasteiger partial charge in [0, 0.05) is 5.70 Å². The molecule has 1 unspecified atom stereocenters. The van der Waals surface area contributed by atoms with Gasteiger partial charge in [-0.1, -0.05) is 36.4 Å². The Labute approximate surface area is 163 Å². The molecule has 0 radical (unpaired) electrons. The summed E-state index contributed by atoms with van der Waals surface area (Å²) >= 11 is 0. The minimum Gasteiger partial charge on any atom is -0.490 e. The molecule has 2 N–H and O–H groups in total. The Balaban J connectivity index is 1.65. The van der Waals surface area contributed by atoms with Crippen LogP contribution in [0.2, 0.25) is 0 Å². The molecule has 0 aromatic heterocycles. The number of hydrogen-bond acceptors (Lipinski definition) is 6. The number of carbonyl (C=O) groups is 2. The van der Waals surface area contributed by atoms with Crippen LogP contribution in [0.5, 0.6) is 11.5 Å². The zero-order valence-corrected chi connectivity index (χ0v) is 15.2. The van der Waals surface area contributed by atoms with Gasteiger partial charge < -0.3 is 19.9 Å². The van der Waals surface area contributed by atoms with Crippen LogP contribution in [-0.2, 0) is 0 Å². The maximum Gasteiger partial charge on any atom is 0.153 e. The monoisotopic (exact) mass is 379 g/mol. The summed E-state index contributed by atoms with van der Waals surface area (Å²) in [5, 5.41) is 13.2. The van der Waals surface area contributed by atoms with E-state index in [0.29, 0.717) is 22.6 Å². The zero-order chi connectivity index (χ0) is 19.8. The lowest BCUT2D eigenvalue weighted by Gasteiger charge is -2.34. The normalized spacial score (nSPS) is 18.0. The molecule has 1 aliphatic rings. The molecule has 0 spiro atoms. The summed E-state index contributed by atoms with van der Waals surface area (Å²) in [6, 6.07) is 13.9. The fourth-order valence-electron chi connectivity index (χ4n) is 2.84. The number of benzene rings is 2. The Morgan fingerprint density at radius 2 is 1.54 bits per heavy atom. The lowest BCUT2D eigenvalue weighted by atomic mass is 9.97. The van der Waals surface area contributed by atoms with Crippen LogP contribution in [-0.4, -0.2) is 43.0 Å². The maximum absolute atomic E-state index is 11.1. The fourth-order valence-corrected chi connectivity index (χ4v) is 2.84. The Morgan fingerprint density at radius 3 is 2.14 bits per heavy atom. The molecule has 28 heavy (non-hydrogen) atoms. The van der Waals surface area contributed by atoms with Gasteiger partial charge in [0.2, 0.25) is 0 Å². The molecule has 0 bridgehead atoms. The number of allylic oxidation sites excluding steroid dienone is 2. The van der Waals surface area contributed by atoms with Crippen molar-refractivity contribution in [3.63, 3.8) is 0 Å². The van der Waals surface area contributed by atoms with Crippen LogP contribution in [0.1, 0.15) is 20.7 Å². The number of ether oxygens (including phenoxy) is 2. The largest absolute Gasteiger partial charge is 0.490 e. The number of nitrogens with one attached hydrogen (secondary N) is 1. The van der Waals surface area contributed by atoms with E-state index in [0.717, 1.165) is 18.3 Å². The van der Waals surface area contributed by atoms with E-state index in [1.807, 2.05) is 12.2 Å². The highest BCUT2D eigenvalue weighted by atomic mass is 16.5. The highest BCUT2D eigenvalue weighted by Crippen LogP contribution is 2.22. The topological polar surface area (TPSA) is 84.9 Å². The molecule has 0 aliphatic carbocycles. The van der Waals surface area contributed by atoms with Gasteiger partial charge in [-0.25, -0.2) is 0 Å². The molecule has 0 fully saturated rings. The number of rotatable bonds is 9. The quantitative estimate of drug-likeness (QED) is 0.652. The molecule has 144 valence electrons. The van der Waals surface area contributed by atoms with E-state index in [4.69, 9.17) is 9.47 Å². The van der Waals surface area contributed by atoms with E-state index in [-0.39, 0.29) is 19.8 Å². The first-order valence-electron chi connectivity index (χ1n) is 8.81. The first-order chi connectivity index (χ1) is 13.7. The van der Waals surface area contributed by atoms with Gasteiger partial charge in [-0.3, -0.25) is 9.59 Å². The molecule has 6 heteroatoms. The summed E-state index contributed by atoms with van der Waals surface area (Å²) in [6.07, 6.45) is 6.92. The van der Waals surface area contributed by atoms with Crippen molar-refractivity contribution in [1.29, 1.82) is 0 Å². The molecular weight excluding hydrogens is 358 g/mol. The summed E-state index contributed by atoms with van der Waals surface area (Å²) in [6.45, 7) is 0.101. The molecule has 2 aromatic carbocycles. The molecule has 0 saturated carbocycles. The minimum absolute atomic E-state index is 0.118. The zero-order valence-electron chi connectivity index (χ0n) is 15.2. The van der Waals surface area contributed by atoms with E-state index >= 15 is 0 Å². The summed E-state index contributed by atoms with van der Waals surface area (Å²) in [4.78, 5) is 22.2. The smallest absolute Gasteiger partial charge is 0.153 e. The van der Waals surface area contributed by atoms with Gasteiger partial charge in [0.25, 0.3) is 0 Å². The van der Waals surface area contributed by atoms with Crippen LogP contribution >= 0.6 is 0 Å². The van der Waals surface area contributed by atoms with Crippen LogP contribution in [0.4, 0.5) is 0 Å². The SMILES string of the molecule is O=Cc1ccccc1OCC1=CC=CC(CO)(COc2ccccc2C=O)N1. The molecule has 0 amide bonds. The van der Waals surface area contributed by atoms with Gasteiger partial charge >= 0.3 is 0 Å². The second-order valence-corrected chi connectivity index (χ2v) is 6.38. The number of para-hydroxylation sites is 2. The summed E-state index contributed by atoms with van der Waals surface area (Å²) < 4.78 is 11.5. The minimum atomic E-state index is -0.854. The average molecular weight is 379 g/mol. The van der Waals surface area contributed by atoms with Crippen LogP contribution in [0, 0.1) is 0 Å². The van der Waals surface area contributed by atoms with Crippen molar-refractivity contribution in [2.75, 3.05) is 19.8 Å². The van der Waals surface area contributed by atoms with Crippen LogP contribution in [0.3, 0.4) is 0 Å². The molecule has 3 rings (SSSR count). The predicted octanol–water partition coefficient (Wildman–Crippen LogP) is 2.54. The summed E-state index contributed by atoms with van der Waals surface area (Å²) in [5.41, 5.74) is 0.786. The van der Waals surface area contributed by atoms with E-state index in [9.17, 15) is 14.7 Å². The van der Waals surface area contributed by atoms with Crippen LogP contribution in [0.25, 0.3) is 0 Å². The van der Waals surface area contributed by atoms with E-state index < -0.39 is 5.54 Å². The van der Waals surface area contributed by atoms with Gasteiger partial charge in [0.15, 0.2) is 12.6 Å². The molecule has 2 aromatic rings. The van der Waals surface area contributed by atoms with Gasteiger partial charge in [-0.15, -0.1) is 0 Å². The summed E-state index contributed by atoms with van der Waals surface area (Å²) in [5.74, 6) is 0.938. The number of aliphatic hydroxyl groups excluding tert-OH is 1. The number of dihydropyridines is 1. The van der Waals surface area contributed by atoms with E-state index in [2.05, 4.69) is 5.32 Å². The van der Waals surface area contributed by atoms with E-state index in [1.54, 1.807) is 54.6 Å². The Hall–Kier alpha value is -3.38.